The van der Waals surface area contributed by atoms with E-state index in [1.54, 1.807) is 6.92 Å². The first kappa shape index (κ1) is 19.8. The Bertz CT molecular complexity index is 934. The standard InChI is InChI=1S/C17H15F5N4O2/c1-9(8-26-10(2)7-13(25-26)17(20,21)22)14-23-24-15(28-14)11-3-5-12(6-4-11)27-16(18)19/h3-7,9,16H,8H2,1-2H3. The molecule has 0 bridgehead atoms. The van der Waals surface area contributed by atoms with E-state index in [1.807, 2.05) is 0 Å². The van der Waals surface area contributed by atoms with Gasteiger partial charge in [-0.15, -0.1) is 10.2 Å². The highest BCUT2D eigenvalue weighted by Gasteiger charge is 2.34. The van der Waals surface area contributed by atoms with Gasteiger partial charge in [0, 0.05) is 11.3 Å². The number of nitrogens with zero attached hydrogens (tertiary/aromatic N) is 4. The number of aryl methyl sites for hydroxylation is 1. The zero-order valence-corrected chi connectivity index (χ0v) is 14.7. The number of benzene rings is 1. The summed E-state index contributed by atoms with van der Waals surface area (Å²) >= 11 is 0. The number of halogens is 5. The van der Waals surface area contributed by atoms with Crippen LogP contribution >= 0.6 is 0 Å². The SMILES string of the molecule is Cc1cc(C(F)(F)F)nn1CC(C)c1nnc(-c2ccc(OC(F)F)cc2)o1. The van der Waals surface area contributed by atoms with Crippen LogP contribution in [0.4, 0.5) is 22.0 Å². The Kier molecular flexibility index (Phi) is 5.34. The van der Waals surface area contributed by atoms with Gasteiger partial charge in [0.05, 0.1) is 12.5 Å². The van der Waals surface area contributed by atoms with Gasteiger partial charge in [-0.1, -0.05) is 6.92 Å². The maximum atomic E-state index is 12.8. The third-order valence-corrected chi connectivity index (χ3v) is 3.91. The maximum Gasteiger partial charge on any atom is 0.435 e. The van der Waals surface area contributed by atoms with E-state index >= 15 is 0 Å². The highest BCUT2D eigenvalue weighted by molar-refractivity contribution is 5.54. The lowest BCUT2D eigenvalue weighted by Crippen LogP contribution is -2.12. The van der Waals surface area contributed by atoms with Crippen molar-refractivity contribution in [3.05, 3.63) is 47.6 Å². The highest BCUT2D eigenvalue weighted by Crippen LogP contribution is 2.29. The normalized spacial score (nSPS) is 13.1. The third kappa shape index (κ3) is 4.46. The van der Waals surface area contributed by atoms with E-state index in [0.29, 0.717) is 11.3 Å². The molecule has 28 heavy (non-hydrogen) atoms. The molecule has 0 saturated carbocycles. The second kappa shape index (κ2) is 7.56. The zero-order chi connectivity index (χ0) is 20.5. The van der Waals surface area contributed by atoms with Gasteiger partial charge in [0.1, 0.15) is 5.75 Å². The number of ether oxygens (including phenoxy) is 1. The Morgan fingerprint density at radius 1 is 1.14 bits per heavy atom. The molecule has 6 nitrogen and oxygen atoms in total. The Labute approximate surface area is 155 Å². The summed E-state index contributed by atoms with van der Waals surface area (Å²) < 4.78 is 73.7. The summed E-state index contributed by atoms with van der Waals surface area (Å²) in [7, 11) is 0. The summed E-state index contributed by atoms with van der Waals surface area (Å²) in [6.07, 6.45) is -4.52. The van der Waals surface area contributed by atoms with Gasteiger partial charge in [-0.3, -0.25) is 4.68 Å². The molecular weight excluding hydrogens is 387 g/mol. The molecule has 3 aromatic rings. The molecule has 0 spiro atoms. The van der Waals surface area contributed by atoms with Gasteiger partial charge in [-0.2, -0.15) is 27.1 Å². The maximum absolute atomic E-state index is 12.8. The lowest BCUT2D eigenvalue weighted by Gasteiger charge is -2.09. The first-order valence-electron chi connectivity index (χ1n) is 8.14. The number of aromatic nitrogens is 4. The van der Waals surface area contributed by atoms with Crippen LogP contribution in [0.5, 0.6) is 5.75 Å². The molecule has 0 aliphatic heterocycles. The second-order valence-corrected chi connectivity index (χ2v) is 6.10. The summed E-state index contributed by atoms with van der Waals surface area (Å²) in [6, 6.07) is 6.59. The Morgan fingerprint density at radius 3 is 2.39 bits per heavy atom. The third-order valence-electron chi connectivity index (χ3n) is 3.91. The molecule has 1 unspecified atom stereocenters. The number of rotatable bonds is 6. The van der Waals surface area contributed by atoms with Gasteiger partial charge in [0.15, 0.2) is 5.69 Å². The van der Waals surface area contributed by atoms with Crippen LogP contribution in [0.1, 0.15) is 30.1 Å². The number of alkyl halides is 5. The molecule has 2 heterocycles. The van der Waals surface area contributed by atoms with Crippen molar-refractivity contribution in [1.29, 1.82) is 0 Å². The van der Waals surface area contributed by atoms with Crippen molar-refractivity contribution in [2.45, 2.75) is 39.1 Å². The molecule has 0 N–H and O–H groups in total. The van der Waals surface area contributed by atoms with Gasteiger partial charge in [-0.05, 0) is 37.3 Å². The molecule has 0 aliphatic rings. The minimum absolute atomic E-state index is 0.0125. The number of hydrogen-bond acceptors (Lipinski definition) is 5. The summed E-state index contributed by atoms with van der Waals surface area (Å²) in [4.78, 5) is 0. The first-order valence-corrected chi connectivity index (χ1v) is 8.14. The predicted octanol–water partition coefficient (Wildman–Crippen LogP) is 4.67. The average molecular weight is 402 g/mol. The van der Waals surface area contributed by atoms with Crippen molar-refractivity contribution in [2.24, 2.45) is 0 Å². The fraction of sp³-hybridized carbons (Fsp3) is 0.353. The van der Waals surface area contributed by atoms with Crippen LogP contribution in [0.3, 0.4) is 0 Å². The monoisotopic (exact) mass is 402 g/mol. The summed E-state index contributed by atoms with van der Waals surface area (Å²) in [5.74, 6) is -0.0474. The fourth-order valence-corrected chi connectivity index (χ4v) is 2.50. The molecule has 0 amide bonds. The van der Waals surface area contributed by atoms with Crippen LogP contribution in [0, 0.1) is 6.92 Å². The van der Waals surface area contributed by atoms with Crippen molar-refractivity contribution in [1.82, 2.24) is 20.0 Å². The van der Waals surface area contributed by atoms with Crippen LogP contribution in [0.25, 0.3) is 11.5 Å². The molecular formula is C17H15F5N4O2. The Balaban J connectivity index is 1.72. The minimum Gasteiger partial charge on any atom is -0.435 e. The van der Waals surface area contributed by atoms with Crippen molar-refractivity contribution >= 4 is 0 Å². The van der Waals surface area contributed by atoms with Gasteiger partial charge < -0.3 is 9.15 Å². The Morgan fingerprint density at radius 2 is 1.82 bits per heavy atom. The molecule has 3 rings (SSSR count). The van der Waals surface area contributed by atoms with Gasteiger partial charge in [0.25, 0.3) is 0 Å². The molecule has 0 saturated heterocycles. The van der Waals surface area contributed by atoms with Gasteiger partial charge in [-0.25, -0.2) is 0 Å². The first-order chi connectivity index (χ1) is 13.1. The smallest absolute Gasteiger partial charge is 0.435 e. The van der Waals surface area contributed by atoms with Gasteiger partial charge >= 0.3 is 12.8 Å². The van der Waals surface area contributed by atoms with Crippen molar-refractivity contribution < 1.29 is 31.1 Å². The lowest BCUT2D eigenvalue weighted by molar-refractivity contribution is -0.141. The molecule has 2 aromatic heterocycles. The quantitative estimate of drug-likeness (QED) is 0.561. The highest BCUT2D eigenvalue weighted by atomic mass is 19.4. The molecule has 1 atom stereocenters. The molecule has 1 aromatic carbocycles. The molecule has 0 fully saturated rings. The lowest BCUT2D eigenvalue weighted by atomic mass is 10.2. The molecule has 0 aliphatic carbocycles. The van der Waals surface area contributed by atoms with Crippen LogP contribution < -0.4 is 4.74 Å². The molecule has 11 heteroatoms. The molecule has 0 radical (unpaired) electrons. The summed E-state index contributed by atoms with van der Waals surface area (Å²) in [6.45, 7) is 0.429. The van der Waals surface area contributed by atoms with E-state index in [-0.39, 0.29) is 24.1 Å². The summed E-state index contributed by atoms with van der Waals surface area (Å²) in [5.41, 5.74) is -0.120. The van der Waals surface area contributed by atoms with E-state index in [9.17, 15) is 22.0 Å². The van der Waals surface area contributed by atoms with E-state index in [0.717, 1.165) is 6.07 Å². The van der Waals surface area contributed by atoms with E-state index < -0.39 is 24.4 Å². The fourth-order valence-electron chi connectivity index (χ4n) is 2.50. The Hall–Kier alpha value is -2.98. The van der Waals surface area contributed by atoms with Crippen LogP contribution in [-0.4, -0.2) is 26.6 Å². The van der Waals surface area contributed by atoms with E-state index in [1.165, 1.54) is 35.9 Å². The molecule has 150 valence electrons. The van der Waals surface area contributed by atoms with Crippen LogP contribution in [-0.2, 0) is 12.7 Å². The average Bonchev–Trinajstić information content (AvgIpc) is 3.22. The van der Waals surface area contributed by atoms with Crippen LogP contribution in [0.2, 0.25) is 0 Å². The predicted molar refractivity (Wildman–Crippen MR) is 86.7 cm³/mol. The van der Waals surface area contributed by atoms with Crippen LogP contribution in [0.15, 0.2) is 34.7 Å². The largest absolute Gasteiger partial charge is 0.435 e. The topological polar surface area (TPSA) is 66.0 Å². The van der Waals surface area contributed by atoms with Crippen molar-refractivity contribution in [2.75, 3.05) is 0 Å². The summed E-state index contributed by atoms with van der Waals surface area (Å²) in [5, 5.41) is 11.4. The second-order valence-electron chi connectivity index (χ2n) is 6.10. The zero-order valence-electron chi connectivity index (χ0n) is 14.7. The van der Waals surface area contributed by atoms with Crippen molar-refractivity contribution in [3.63, 3.8) is 0 Å². The van der Waals surface area contributed by atoms with Gasteiger partial charge in [0.2, 0.25) is 11.8 Å². The van der Waals surface area contributed by atoms with E-state index in [4.69, 9.17) is 4.42 Å². The van der Waals surface area contributed by atoms with Crippen molar-refractivity contribution in [3.8, 4) is 17.2 Å². The minimum atomic E-state index is -4.52. The van der Waals surface area contributed by atoms with E-state index in [2.05, 4.69) is 20.0 Å². The number of hydrogen-bond donors (Lipinski definition) is 0.